The van der Waals surface area contributed by atoms with Gasteiger partial charge in [0.15, 0.2) is 0 Å². The Morgan fingerprint density at radius 2 is 1.75 bits per heavy atom. The molecular formula is C34H26F5N3O6. The zero-order valence-electron chi connectivity index (χ0n) is 25.0. The van der Waals surface area contributed by atoms with Gasteiger partial charge in [-0.2, -0.15) is 13.2 Å². The number of anilines is 1. The smallest absolute Gasteiger partial charge is 0.419 e. The summed E-state index contributed by atoms with van der Waals surface area (Å²) in [5, 5.41) is 18.5. The summed E-state index contributed by atoms with van der Waals surface area (Å²) in [7, 11) is 1.32. The maximum atomic E-state index is 14.8. The number of benzene rings is 3. The van der Waals surface area contributed by atoms with Gasteiger partial charge in [-0.1, -0.05) is 22.9 Å². The molecule has 2 amide bonds. The molecule has 3 N–H and O–H groups in total. The number of nitrogens with one attached hydrogen (secondary N) is 2. The van der Waals surface area contributed by atoms with E-state index in [9.17, 15) is 41.4 Å². The monoisotopic (exact) mass is 667 g/mol. The van der Waals surface area contributed by atoms with Gasteiger partial charge in [0.2, 0.25) is 5.91 Å². The van der Waals surface area contributed by atoms with E-state index < -0.39 is 59.0 Å². The molecule has 248 valence electrons. The highest BCUT2D eigenvalue weighted by Crippen LogP contribution is 2.53. The molecule has 2 bridgehead atoms. The third kappa shape index (κ3) is 6.12. The third-order valence-corrected chi connectivity index (χ3v) is 8.79. The Hall–Kier alpha value is -5.53. The van der Waals surface area contributed by atoms with Gasteiger partial charge in [0.1, 0.15) is 23.6 Å². The van der Waals surface area contributed by atoms with Crippen LogP contribution in [0.25, 0.3) is 17.2 Å². The molecule has 4 aromatic rings. The van der Waals surface area contributed by atoms with E-state index in [1.807, 2.05) is 0 Å². The maximum absolute atomic E-state index is 14.8. The molecule has 2 saturated carbocycles. The van der Waals surface area contributed by atoms with Gasteiger partial charge in [-0.05, 0) is 72.9 Å². The number of aromatic carboxylic acids is 1. The number of amides is 2. The molecule has 0 spiro atoms. The van der Waals surface area contributed by atoms with Gasteiger partial charge < -0.3 is 25.0 Å². The summed E-state index contributed by atoms with van der Waals surface area (Å²) in [5.74, 6) is -6.47. The Morgan fingerprint density at radius 1 is 1.00 bits per heavy atom. The highest BCUT2D eigenvalue weighted by Gasteiger charge is 2.54. The van der Waals surface area contributed by atoms with Crippen molar-refractivity contribution in [3.8, 4) is 16.9 Å². The summed E-state index contributed by atoms with van der Waals surface area (Å²) in [4.78, 5) is 39.2. The molecule has 4 atom stereocenters. The van der Waals surface area contributed by atoms with E-state index in [-0.39, 0.29) is 39.6 Å². The van der Waals surface area contributed by atoms with Crippen LogP contribution in [0.3, 0.4) is 0 Å². The molecule has 1 aromatic heterocycles. The average Bonchev–Trinajstić information content (AvgIpc) is 3.78. The first-order valence-corrected chi connectivity index (χ1v) is 14.7. The molecule has 0 radical (unpaired) electrons. The van der Waals surface area contributed by atoms with Crippen LogP contribution in [0.2, 0.25) is 0 Å². The second kappa shape index (κ2) is 12.6. The van der Waals surface area contributed by atoms with Crippen molar-refractivity contribution in [2.24, 2.45) is 17.8 Å². The fourth-order valence-electron chi connectivity index (χ4n) is 6.68. The molecule has 3 aromatic carbocycles. The molecule has 2 aliphatic rings. The van der Waals surface area contributed by atoms with E-state index in [0.29, 0.717) is 30.5 Å². The minimum absolute atomic E-state index is 0.0324. The SMILES string of the molecule is COc1ccc(-c2cc(C(=O)O)ccc2F)cc1C(=O)N[C@@H]1C2CCC(/C2=C/c2cnoc2)[C@@H]1C(=O)Nc1ccc(F)c(C(F)(F)F)c1. The largest absolute Gasteiger partial charge is 0.496 e. The van der Waals surface area contributed by atoms with Crippen molar-refractivity contribution in [2.75, 3.05) is 12.4 Å². The molecule has 2 unspecified atom stereocenters. The quantitative estimate of drug-likeness (QED) is 0.176. The number of methoxy groups -OCH3 is 1. The van der Waals surface area contributed by atoms with Gasteiger partial charge >= 0.3 is 12.1 Å². The number of rotatable bonds is 8. The number of carboxylic acids is 1. The Bertz CT molecular complexity index is 1940. The van der Waals surface area contributed by atoms with E-state index in [4.69, 9.17) is 9.26 Å². The number of hydrogen-bond donors (Lipinski definition) is 3. The molecular weight excluding hydrogens is 641 g/mol. The highest BCUT2D eigenvalue weighted by atomic mass is 19.4. The number of aromatic nitrogens is 1. The van der Waals surface area contributed by atoms with E-state index in [1.54, 1.807) is 6.08 Å². The summed E-state index contributed by atoms with van der Waals surface area (Å²) >= 11 is 0. The van der Waals surface area contributed by atoms with E-state index in [1.165, 1.54) is 37.8 Å². The second-order valence-electron chi connectivity index (χ2n) is 11.5. The van der Waals surface area contributed by atoms with E-state index >= 15 is 0 Å². The lowest BCUT2D eigenvalue weighted by molar-refractivity contribution is -0.140. The lowest BCUT2D eigenvalue weighted by atomic mass is 9.83. The van der Waals surface area contributed by atoms with Gasteiger partial charge in [0.25, 0.3) is 5.91 Å². The topological polar surface area (TPSA) is 131 Å². The summed E-state index contributed by atoms with van der Waals surface area (Å²) < 4.78 is 79.2. The zero-order valence-corrected chi connectivity index (χ0v) is 25.0. The third-order valence-electron chi connectivity index (χ3n) is 8.79. The maximum Gasteiger partial charge on any atom is 0.419 e. The summed E-state index contributed by atoms with van der Waals surface area (Å²) in [5.41, 5.74) is -0.466. The van der Waals surface area contributed by atoms with Gasteiger partial charge in [0.05, 0.1) is 35.9 Å². The van der Waals surface area contributed by atoms with Crippen molar-refractivity contribution in [3.63, 3.8) is 0 Å². The van der Waals surface area contributed by atoms with Crippen LogP contribution in [0.15, 0.2) is 77.2 Å². The van der Waals surface area contributed by atoms with Crippen LogP contribution in [0, 0.1) is 29.4 Å². The number of carbonyl (C=O) groups is 3. The number of alkyl halides is 3. The lowest BCUT2D eigenvalue weighted by Crippen LogP contribution is -2.48. The first-order chi connectivity index (χ1) is 22.8. The van der Waals surface area contributed by atoms with Crippen molar-refractivity contribution in [2.45, 2.75) is 25.1 Å². The first kappa shape index (κ1) is 32.4. The van der Waals surface area contributed by atoms with Gasteiger partial charge in [-0.25, -0.2) is 13.6 Å². The van der Waals surface area contributed by atoms with Gasteiger partial charge in [-0.15, -0.1) is 0 Å². The van der Waals surface area contributed by atoms with Crippen molar-refractivity contribution in [1.82, 2.24) is 10.5 Å². The number of fused-ring (bicyclic) bond motifs is 2. The van der Waals surface area contributed by atoms with Crippen LogP contribution >= 0.6 is 0 Å². The number of halogens is 5. The number of hydrogen-bond acceptors (Lipinski definition) is 6. The van der Waals surface area contributed by atoms with Crippen LogP contribution in [-0.2, 0) is 11.0 Å². The Morgan fingerprint density at radius 3 is 2.44 bits per heavy atom. The standard InChI is InChI=1S/C34H26F5N3O6/c1-47-28-9-3-17(22-12-18(33(45)46)2-7-26(22)35)11-24(28)31(43)42-30-21-6-5-20(23(21)10-16-14-40-48-15-16)29(30)32(44)41-19-4-8-27(36)25(13-19)34(37,38)39/h2-4,7-15,20-21,29-30H,5-6H2,1H3,(H,41,44)(H,42,43)(H,45,46)/b23-10-/t20?,21?,29-,30+/m0/s1. The molecule has 2 aliphatic carbocycles. The molecule has 14 heteroatoms. The van der Waals surface area contributed by atoms with Crippen molar-refractivity contribution < 1.29 is 50.7 Å². The van der Waals surface area contributed by atoms with E-state index in [0.717, 1.165) is 29.8 Å². The second-order valence-corrected chi connectivity index (χ2v) is 11.5. The van der Waals surface area contributed by atoms with E-state index in [2.05, 4.69) is 15.8 Å². The van der Waals surface area contributed by atoms with Gasteiger partial charge in [0, 0.05) is 28.8 Å². The van der Waals surface area contributed by atoms with Crippen LogP contribution in [0.5, 0.6) is 5.75 Å². The number of ether oxygens (including phenoxy) is 1. The van der Waals surface area contributed by atoms with Crippen LogP contribution in [0.4, 0.5) is 27.6 Å². The Balaban J connectivity index is 1.35. The average molecular weight is 668 g/mol. The minimum Gasteiger partial charge on any atom is -0.496 e. The zero-order chi connectivity index (χ0) is 34.3. The van der Waals surface area contributed by atoms with Crippen molar-refractivity contribution in [1.29, 1.82) is 0 Å². The van der Waals surface area contributed by atoms with Gasteiger partial charge in [-0.3, -0.25) is 9.59 Å². The lowest BCUT2D eigenvalue weighted by Gasteiger charge is -2.30. The predicted molar refractivity (Wildman–Crippen MR) is 161 cm³/mol. The molecule has 6 rings (SSSR count). The first-order valence-electron chi connectivity index (χ1n) is 14.7. The van der Waals surface area contributed by atoms with Crippen LogP contribution in [-0.4, -0.2) is 41.2 Å². The highest BCUT2D eigenvalue weighted by molar-refractivity contribution is 6.00. The fourth-order valence-corrected chi connectivity index (χ4v) is 6.68. The Labute approximate surface area is 269 Å². The number of carboxylic acid groups (broad SMARTS) is 1. The minimum atomic E-state index is -4.99. The molecule has 0 saturated heterocycles. The van der Waals surface area contributed by atoms with Crippen molar-refractivity contribution in [3.05, 3.63) is 107 Å². The Kier molecular flexibility index (Phi) is 8.50. The molecule has 1 heterocycles. The molecule has 0 aliphatic heterocycles. The number of nitrogens with zero attached hydrogens (tertiary/aromatic N) is 1. The molecule has 48 heavy (non-hydrogen) atoms. The molecule has 9 nitrogen and oxygen atoms in total. The fraction of sp³-hybridized carbons (Fsp3) is 0.235. The molecule has 2 fully saturated rings. The van der Waals surface area contributed by atoms with Crippen LogP contribution < -0.4 is 15.4 Å². The summed E-state index contributed by atoms with van der Waals surface area (Å²) in [6.07, 6.45) is 0.800. The van der Waals surface area contributed by atoms with Crippen molar-refractivity contribution >= 4 is 29.5 Å². The summed E-state index contributed by atoms with van der Waals surface area (Å²) in [6.45, 7) is 0. The summed E-state index contributed by atoms with van der Waals surface area (Å²) in [6, 6.07) is 8.78. The predicted octanol–water partition coefficient (Wildman–Crippen LogP) is 6.82. The normalized spacial score (nSPS) is 20.9. The van der Waals surface area contributed by atoms with Crippen LogP contribution in [0.1, 0.15) is 44.7 Å². The number of carbonyl (C=O) groups excluding carboxylic acids is 2.